The van der Waals surface area contributed by atoms with Gasteiger partial charge in [0.25, 0.3) is 0 Å². The number of rotatable bonds is 6. The number of fused-ring (bicyclic) bond motifs is 1. The third-order valence-corrected chi connectivity index (χ3v) is 3.82. The van der Waals surface area contributed by atoms with Crippen LogP contribution in [-0.2, 0) is 0 Å². The molecule has 3 N–H and O–H groups in total. The Hall–Kier alpha value is -0.560. The molecule has 0 aliphatic carbocycles. The summed E-state index contributed by atoms with van der Waals surface area (Å²) in [5.74, 6) is 2.02. The smallest absolute Gasteiger partial charge is 0.166 e. The summed E-state index contributed by atoms with van der Waals surface area (Å²) in [5, 5.41) is 0.985. The number of hydrogen-bond donors (Lipinski definition) is 2. The minimum atomic E-state index is 0. The maximum atomic E-state index is 5.14. The van der Waals surface area contributed by atoms with E-state index in [2.05, 4.69) is 14.4 Å². The van der Waals surface area contributed by atoms with Gasteiger partial charge in [-0.2, -0.15) is 0 Å². The molecule has 106 valence electrons. The first-order chi connectivity index (χ1) is 8.40. The number of benzene rings is 1. The van der Waals surface area contributed by atoms with E-state index in [9.17, 15) is 0 Å². The molecule has 0 fully saturated rings. The normalized spacial score (nSPS) is 10.3. The minimum absolute atomic E-state index is 0. The topological polar surface area (TPSA) is 67.1 Å². The van der Waals surface area contributed by atoms with Crippen molar-refractivity contribution in [1.82, 2.24) is 9.97 Å². The van der Waals surface area contributed by atoms with Crippen molar-refractivity contribution >= 4 is 65.9 Å². The molecule has 2 rings (SSSR count). The number of nitrogens with one attached hydrogen (secondary N) is 1. The molecule has 0 saturated heterocycles. The molecule has 1 aromatic carbocycles. The van der Waals surface area contributed by atoms with Gasteiger partial charge in [0.15, 0.2) is 5.16 Å². The minimum Gasteiger partial charge on any atom is -0.389 e. The van der Waals surface area contributed by atoms with Crippen molar-refractivity contribution in [1.29, 1.82) is 0 Å². The molecule has 0 atom stereocenters. The highest BCUT2D eigenvalue weighted by atomic mass is 35.5. The lowest BCUT2D eigenvalue weighted by molar-refractivity contribution is 1.06. The zero-order chi connectivity index (χ0) is 11.9. The molecule has 0 radical (unpaired) electrons. The average molecular weight is 339 g/mol. The van der Waals surface area contributed by atoms with Gasteiger partial charge in [0.05, 0.1) is 17.4 Å². The SMILES string of the molecule is Cl.Cl.N/C=N/SCCCSc1nc2ccccc2[nH]1. The number of aromatic nitrogens is 2. The summed E-state index contributed by atoms with van der Waals surface area (Å²) < 4.78 is 3.89. The first kappa shape index (κ1) is 18.4. The summed E-state index contributed by atoms with van der Waals surface area (Å²) in [6.45, 7) is 0. The fourth-order valence-corrected chi connectivity index (χ4v) is 2.86. The Morgan fingerprint density at radius 2 is 2.05 bits per heavy atom. The summed E-state index contributed by atoms with van der Waals surface area (Å²) in [7, 11) is 0. The Morgan fingerprint density at radius 1 is 1.26 bits per heavy atom. The van der Waals surface area contributed by atoms with E-state index in [0.717, 1.165) is 34.1 Å². The molecule has 0 unspecified atom stereocenters. The van der Waals surface area contributed by atoms with Crippen molar-refractivity contribution in [3.8, 4) is 0 Å². The summed E-state index contributed by atoms with van der Waals surface area (Å²) in [6.07, 6.45) is 2.42. The van der Waals surface area contributed by atoms with Gasteiger partial charge >= 0.3 is 0 Å². The van der Waals surface area contributed by atoms with Gasteiger partial charge in [-0.15, -0.1) is 24.8 Å². The second-order valence-corrected chi connectivity index (χ2v) is 5.31. The van der Waals surface area contributed by atoms with E-state index in [-0.39, 0.29) is 24.8 Å². The lowest BCUT2D eigenvalue weighted by Crippen LogP contribution is -1.87. The zero-order valence-electron chi connectivity index (χ0n) is 10.1. The van der Waals surface area contributed by atoms with Crippen LogP contribution in [0.3, 0.4) is 0 Å². The Labute approximate surface area is 133 Å². The number of H-pyrrole nitrogens is 1. The highest BCUT2D eigenvalue weighted by Gasteiger charge is 2.01. The third-order valence-electron chi connectivity index (χ3n) is 2.12. The summed E-state index contributed by atoms with van der Waals surface area (Å²) in [6, 6.07) is 8.06. The second kappa shape index (κ2) is 10.3. The highest BCUT2D eigenvalue weighted by molar-refractivity contribution is 7.99. The molecule has 0 bridgehead atoms. The van der Waals surface area contributed by atoms with Crippen LogP contribution >= 0.6 is 48.5 Å². The summed E-state index contributed by atoms with van der Waals surface area (Å²) >= 11 is 3.23. The molecule has 19 heavy (non-hydrogen) atoms. The lowest BCUT2D eigenvalue weighted by Gasteiger charge is -1.95. The predicted octanol–water partition coefficient (Wildman–Crippen LogP) is 3.52. The number of nitrogens with zero attached hydrogens (tertiary/aromatic N) is 2. The first-order valence-electron chi connectivity index (χ1n) is 5.33. The van der Waals surface area contributed by atoms with Crippen LogP contribution in [0.5, 0.6) is 0 Å². The molecular weight excluding hydrogens is 323 g/mol. The van der Waals surface area contributed by atoms with Crippen LogP contribution < -0.4 is 5.73 Å². The summed E-state index contributed by atoms with van der Waals surface area (Å²) in [4.78, 5) is 7.79. The van der Waals surface area contributed by atoms with Crippen LogP contribution in [0.4, 0.5) is 0 Å². The fourth-order valence-electron chi connectivity index (χ4n) is 1.39. The van der Waals surface area contributed by atoms with Gasteiger partial charge in [0, 0.05) is 11.5 Å². The number of aromatic amines is 1. The zero-order valence-corrected chi connectivity index (χ0v) is 13.4. The highest BCUT2D eigenvalue weighted by Crippen LogP contribution is 2.20. The molecular formula is C11H16Cl2N4S2. The van der Waals surface area contributed by atoms with Crippen LogP contribution in [0.1, 0.15) is 6.42 Å². The molecule has 0 amide bonds. The van der Waals surface area contributed by atoms with Crippen LogP contribution in [0, 0.1) is 0 Å². The number of para-hydroxylation sites is 2. The number of halogens is 2. The average Bonchev–Trinajstić information content (AvgIpc) is 2.76. The van der Waals surface area contributed by atoms with E-state index < -0.39 is 0 Å². The Morgan fingerprint density at radius 3 is 2.79 bits per heavy atom. The van der Waals surface area contributed by atoms with E-state index in [0.29, 0.717) is 0 Å². The van der Waals surface area contributed by atoms with E-state index in [1.165, 1.54) is 18.3 Å². The molecule has 4 nitrogen and oxygen atoms in total. The number of hydrogen-bond acceptors (Lipinski definition) is 4. The van der Waals surface area contributed by atoms with Crippen molar-refractivity contribution in [2.75, 3.05) is 11.5 Å². The first-order valence-corrected chi connectivity index (χ1v) is 7.26. The molecule has 0 aliphatic heterocycles. The van der Waals surface area contributed by atoms with Gasteiger partial charge in [-0.05, 0) is 30.5 Å². The van der Waals surface area contributed by atoms with E-state index in [4.69, 9.17) is 5.73 Å². The molecule has 8 heteroatoms. The van der Waals surface area contributed by atoms with Crippen molar-refractivity contribution in [3.05, 3.63) is 24.3 Å². The Balaban J connectivity index is 0.00000162. The maximum Gasteiger partial charge on any atom is 0.166 e. The molecule has 1 heterocycles. The van der Waals surface area contributed by atoms with Gasteiger partial charge in [0.1, 0.15) is 0 Å². The molecule has 0 saturated carbocycles. The standard InChI is InChI=1S/C11H14N4S2.2ClH/c12-8-13-17-7-3-6-16-11-14-9-4-1-2-5-10(9)15-11;;/h1-2,4-5,8H,3,6-7H2,(H2,12,13)(H,14,15);2*1H. The van der Waals surface area contributed by atoms with E-state index in [1.54, 1.807) is 11.8 Å². The molecule has 1 aromatic heterocycles. The van der Waals surface area contributed by atoms with Gasteiger partial charge < -0.3 is 10.7 Å². The Bertz CT molecular complexity index is 471. The van der Waals surface area contributed by atoms with Crippen LogP contribution in [0.25, 0.3) is 11.0 Å². The maximum absolute atomic E-state index is 5.14. The number of thioether (sulfide) groups is 1. The molecule has 0 spiro atoms. The van der Waals surface area contributed by atoms with Crippen molar-refractivity contribution < 1.29 is 0 Å². The number of imidazole rings is 1. The van der Waals surface area contributed by atoms with Crippen molar-refractivity contribution in [2.24, 2.45) is 10.1 Å². The second-order valence-electron chi connectivity index (χ2n) is 3.35. The predicted molar refractivity (Wildman–Crippen MR) is 91.1 cm³/mol. The lowest BCUT2D eigenvalue weighted by atomic mass is 10.3. The molecule has 2 aromatic rings. The van der Waals surface area contributed by atoms with E-state index in [1.807, 2.05) is 24.3 Å². The van der Waals surface area contributed by atoms with Crippen molar-refractivity contribution in [2.45, 2.75) is 11.6 Å². The quantitative estimate of drug-likeness (QED) is 0.278. The summed E-state index contributed by atoms with van der Waals surface area (Å²) in [5.41, 5.74) is 7.26. The van der Waals surface area contributed by atoms with Crippen LogP contribution in [0.2, 0.25) is 0 Å². The monoisotopic (exact) mass is 338 g/mol. The number of nitrogens with two attached hydrogens (primary N) is 1. The Kier molecular flexibility index (Phi) is 9.95. The van der Waals surface area contributed by atoms with Crippen molar-refractivity contribution in [3.63, 3.8) is 0 Å². The molecule has 0 aliphatic rings. The largest absolute Gasteiger partial charge is 0.389 e. The third kappa shape index (κ3) is 5.95. The van der Waals surface area contributed by atoms with Gasteiger partial charge in [0.2, 0.25) is 0 Å². The van der Waals surface area contributed by atoms with Gasteiger partial charge in [-0.25, -0.2) is 9.38 Å². The van der Waals surface area contributed by atoms with Gasteiger partial charge in [-0.1, -0.05) is 23.9 Å². The van der Waals surface area contributed by atoms with Crippen LogP contribution in [-0.4, -0.2) is 27.8 Å². The van der Waals surface area contributed by atoms with Gasteiger partial charge in [-0.3, -0.25) is 0 Å². The van der Waals surface area contributed by atoms with E-state index >= 15 is 0 Å². The fraction of sp³-hybridized carbons (Fsp3) is 0.273. The van der Waals surface area contributed by atoms with Crippen LogP contribution in [0.15, 0.2) is 33.8 Å².